The molecular formula is C17H34N4O6. The van der Waals surface area contributed by atoms with Crippen LogP contribution in [-0.2, 0) is 28.5 Å². The maximum atomic E-state index is 11.8. The van der Waals surface area contributed by atoms with Gasteiger partial charge in [0.2, 0.25) is 11.8 Å². The van der Waals surface area contributed by atoms with Crippen molar-refractivity contribution in [3.8, 4) is 0 Å². The van der Waals surface area contributed by atoms with E-state index in [1.165, 1.54) is 0 Å². The molecule has 158 valence electrons. The molecule has 1 aliphatic heterocycles. The van der Waals surface area contributed by atoms with Crippen LogP contribution in [-0.4, -0.2) is 114 Å². The standard InChI is InChI=1S/C17H34N4O6/c18-14-16(22)20-2-8-24-6-1-7-25-9-3-21(17(23)15-19)5-11-27-13-12-26-10-4-20/h1-15,18-19H2. The molecule has 0 saturated carbocycles. The van der Waals surface area contributed by atoms with Crippen LogP contribution in [0.2, 0.25) is 0 Å². The first-order valence-corrected chi connectivity index (χ1v) is 9.45. The van der Waals surface area contributed by atoms with Gasteiger partial charge >= 0.3 is 0 Å². The summed E-state index contributed by atoms with van der Waals surface area (Å²) < 4.78 is 22.1. The zero-order chi connectivity index (χ0) is 19.7. The molecule has 1 heterocycles. The monoisotopic (exact) mass is 390 g/mol. The molecule has 1 saturated heterocycles. The molecule has 0 aromatic heterocycles. The average molecular weight is 390 g/mol. The van der Waals surface area contributed by atoms with Crippen LogP contribution >= 0.6 is 0 Å². The third-order valence-corrected chi connectivity index (χ3v) is 4.03. The van der Waals surface area contributed by atoms with E-state index in [1.807, 2.05) is 0 Å². The smallest absolute Gasteiger partial charge is 0.236 e. The molecule has 1 aliphatic rings. The highest BCUT2D eigenvalue weighted by atomic mass is 16.5. The second-order valence-electron chi connectivity index (χ2n) is 5.97. The normalized spacial score (nSPS) is 20.4. The number of hydrogen-bond donors (Lipinski definition) is 2. The Kier molecular flexibility index (Phi) is 13.8. The second-order valence-corrected chi connectivity index (χ2v) is 5.97. The van der Waals surface area contributed by atoms with Gasteiger partial charge in [-0.2, -0.15) is 0 Å². The molecule has 0 bridgehead atoms. The van der Waals surface area contributed by atoms with Crippen molar-refractivity contribution in [3.05, 3.63) is 0 Å². The molecule has 2 amide bonds. The lowest BCUT2D eigenvalue weighted by Crippen LogP contribution is -2.40. The molecule has 0 atom stereocenters. The van der Waals surface area contributed by atoms with Gasteiger partial charge in [-0.1, -0.05) is 0 Å². The number of hydrogen-bond acceptors (Lipinski definition) is 8. The van der Waals surface area contributed by atoms with Gasteiger partial charge in [-0.3, -0.25) is 9.59 Å². The van der Waals surface area contributed by atoms with Crippen LogP contribution in [0.4, 0.5) is 0 Å². The summed E-state index contributed by atoms with van der Waals surface area (Å²) in [7, 11) is 0. The summed E-state index contributed by atoms with van der Waals surface area (Å²) in [6, 6.07) is 0. The van der Waals surface area contributed by atoms with Crippen LogP contribution in [0.25, 0.3) is 0 Å². The number of rotatable bonds is 2. The summed E-state index contributed by atoms with van der Waals surface area (Å²) in [6.07, 6.45) is 0.738. The number of ether oxygens (including phenoxy) is 4. The Bertz CT molecular complexity index is 377. The van der Waals surface area contributed by atoms with E-state index in [2.05, 4.69) is 0 Å². The Hall–Kier alpha value is -1.30. The predicted octanol–water partition coefficient (Wildman–Crippen LogP) is -1.97. The fraction of sp³-hybridized carbons (Fsp3) is 0.882. The van der Waals surface area contributed by atoms with Crippen LogP contribution < -0.4 is 11.5 Å². The van der Waals surface area contributed by atoms with Crippen LogP contribution in [0.5, 0.6) is 0 Å². The Morgan fingerprint density at radius 1 is 0.593 bits per heavy atom. The van der Waals surface area contributed by atoms with Crippen molar-refractivity contribution < 1.29 is 28.5 Å². The van der Waals surface area contributed by atoms with Crippen LogP contribution in [0.3, 0.4) is 0 Å². The topological polar surface area (TPSA) is 130 Å². The van der Waals surface area contributed by atoms with E-state index < -0.39 is 0 Å². The maximum absolute atomic E-state index is 11.8. The van der Waals surface area contributed by atoms with Gasteiger partial charge in [-0.15, -0.1) is 0 Å². The van der Waals surface area contributed by atoms with Crippen LogP contribution in [0.1, 0.15) is 6.42 Å². The molecule has 1 rings (SSSR count). The predicted molar refractivity (Wildman–Crippen MR) is 99.2 cm³/mol. The van der Waals surface area contributed by atoms with E-state index in [0.717, 1.165) is 6.42 Å². The highest BCUT2D eigenvalue weighted by molar-refractivity contribution is 5.78. The fourth-order valence-corrected chi connectivity index (χ4v) is 2.47. The molecule has 0 radical (unpaired) electrons. The van der Waals surface area contributed by atoms with E-state index >= 15 is 0 Å². The molecule has 0 aliphatic carbocycles. The molecule has 10 heteroatoms. The van der Waals surface area contributed by atoms with Crippen molar-refractivity contribution >= 4 is 11.8 Å². The molecule has 10 nitrogen and oxygen atoms in total. The molecule has 27 heavy (non-hydrogen) atoms. The maximum Gasteiger partial charge on any atom is 0.236 e. The minimum absolute atomic E-state index is 0.0328. The Morgan fingerprint density at radius 2 is 0.926 bits per heavy atom. The third-order valence-electron chi connectivity index (χ3n) is 4.03. The molecule has 0 unspecified atom stereocenters. The Morgan fingerprint density at radius 3 is 1.26 bits per heavy atom. The third kappa shape index (κ3) is 11.2. The molecule has 0 spiro atoms. The molecule has 0 aromatic rings. The zero-order valence-corrected chi connectivity index (χ0v) is 16.1. The van der Waals surface area contributed by atoms with Crippen molar-refractivity contribution in [1.29, 1.82) is 0 Å². The number of amides is 2. The van der Waals surface area contributed by atoms with Gasteiger partial charge in [-0.05, 0) is 6.42 Å². The van der Waals surface area contributed by atoms with E-state index in [-0.39, 0.29) is 24.9 Å². The van der Waals surface area contributed by atoms with Gasteiger partial charge in [-0.25, -0.2) is 0 Å². The quantitative estimate of drug-likeness (QED) is 0.555. The average Bonchev–Trinajstić information content (AvgIpc) is 2.69. The van der Waals surface area contributed by atoms with Crippen LogP contribution in [0, 0.1) is 0 Å². The van der Waals surface area contributed by atoms with Crippen molar-refractivity contribution in [2.24, 2.45) is 11.5 Å². The van der Waals surface area contributed by atoms with Crippen molar-refractivity contribution in [2.75, 3.05) is 92.1 Å². The van der Waals surface area contributed by atoms with Gasteiger partial charge in [0.1, 0.15) is 0 Å². The Labute approximate surface area is 161 Å². The summed E-state index contributed by atoms with van der Waals surface area (Å²) >= 11 is 0. The fourth-order valence-electron chi connectivity index (χ4n) is 2.47. The number of nitrogens with zero attached hydrogens (tertiary/aromatic N) is 2. The molecule has 1 fully saturated rings. The van der Waals surface area contributed by atoms with E-state index in [0.29, 0.717) is 79.0 Å². The molecule has 0 aromatic carbocycles. The SMILES string of the molecule is NCC(=O)N1CCOCCCOCCN(C(=O)CN)CCOCCOCC1. The van der Waals surface area contributed by atoms with Gasteiger partial charge in [0.05, 0.1) is 52.7 Å². The lowest BCUT2D eigenvalue weighted by molar-refractivity contribution is -0.132. The number of nitrogens with two attached hydrogens (primary N) is 2. The van der Waals surface area contributed by atoms with Crippen LogP contribution in [0.15, 0.2) is 0 Å². The largest absolute Gasteiger partial charge is 0.380 e. The first-order chi connectivity index (χ1) is 13.2. The summed E-state index contributed by atoms with van der Waals surface area (Å²) in [6.45, 7) is 5.40. The van der Waals surface area contributed by atoms with Gasteiger partial charge in [0.15, 0.2) is 0 Å². The van der Waals surface area contributed by atoms with Crippen molar-refractivity contribution in [1.82, 2.24) is 9.80 Å². The number of carbonyl (C=O) groups is 2. The molecular weight excluding hydrogens is 356 g/mol. The lowest BCUT2D eigenvalue weighted by Gasteiger charge is -2.22. The summed E-state index contributed by atoms with van der Waals surface area (Å²) in [4.78, 5) is 27.0. The minimum Gasteiger partial charge on any atom is -0.380 e. The Balaban J connectivity index is 2.43. The van der Waals surface area contributed by atoms with Crippen molar-refractivity contribution in [2.45, 2.75) is 6.42 Å². The van der Waals surface area contributed by atoms with E-state index in [4.69, 9.17) is 30.4 Å². The van der Waals surface area contributed by atoms with E-state index in [9.17, 15) is 9.59 Å². The second kappa shape index (κ2) is 15.7. The van der Waals surface area contributed by atoms with Crippen molar-refractivity contribution in [3.63, 3.8) is 0 Å². The van der Waals surface area contributed by atoms with Gasteiger partial charge in [0, 0.05) is 39.4 Å². The minimum atomic E-state index is -0.127. The van der Waals surface area contributed by atoms with E-state index in [1.54, 1.807) is 9.80 Å². The van der Waals surface area contributed by atoms with Gasteiger partial charge in [0.25, 0.3) is 0 Å². The lowest BCUT2D eigenvalue weighted by atomic mass is 10.4. The summed E-state index contributed by atoms with van der Waals surface area (Å²) in [5, 5.41) is 0. The number of carbonyl (C=O) groups excluding carboxylic acids is 2. The van der Waals surface area contributed by atoms with Gasteiger partial charge < -0.3 is 40.2 Å². The highest BCUT2D eigenvalue weighted by Gasteiger charge is 2.13. The summed E-state index contributed by atoms with van der Waals surface area (Å²) in [5.74, 6) is -0.255. The molecule has 4 N–H and O–H groups in total. The highest BCUT2D eigenvalue weighted by Crippen LogP contribution is 1.95. The first-order valence-electron chi connectivity index (χ1n) is 9.45. The summed E-state index contributed by atoms with van der Waals surface area (Å²) in [5.41, 5.74) is 10.9. The zero-order valence-electron chi connectivity index (χ0n) is 16.1. The first kappa shape index (κ1) is 23.7.